The van der Waals surface area contributed by atoms with Gasteiger partial charge in [-0.3, -0.25) is 4.79 Å². The summed E-state index contributed by atoms with van der Waals surface area (Å²) >= 11 is 0. The molecule has 3 rings (SSSR count). The standard InChI is InChI=1S/C17H24N2O2/c1-10-11(2)21-12(3)17(10)19-16(20)8-15-14-7-5-4-6-13(14)9-18-15/h4-7,10-12,15,17-18H,8-9H2,1-3H3,(H,19,20). The Balaban J connectivity index is 1.61. The van der Waals surface area contributed by atoms with Crippen molar-refractivity contribution in [2.75, 3.05) is 0 Å². The first-order chi connectivity index (χ1) is 10.1. The average Bonchev–Trinajstić information content (AvgIpc) is 2.96. The van der Waals surface area contributed by atoms with Crippen LogP contribution in [0.2, 0.25) is 0 Å². The summed E-state index contributed by atoms with van der Waals surface area (Å²) in [5.74, 6) is 0.457. The summed E-state index contributed by atoms with van der Waals surface area (Å²) in [5.41, 5.74) is 2.56. The second-order valence-electron chi connectivity index (χ2n) is 6.34. The van der Waals surface area contributed by atoms with Crippen LogP contribution < -0.4 is 10.6 Å². The summed E-state index contributed by atoms with van der Waals surface area (Å²) in [6, 6.07) is 8.56. The van der Waals surface area contributed by atoms with Crippen molar-refractivity contribution in [2.45, 2.75) is 58.0 Å². The summed E-state index contributed by atoms with van der Waals surface area (Å²) in [6.07, 6.45) is 0.778. The Morgan fingerprint density at radius 3 is 2.76 bits per heavy atom. The molecule has 4 nitrogen and oxygen atoms in total. The van der Waals surface area contributed by atoms with Crippen molar-refractivity contribution < 1.29 is 9.53 Å². The third kappa shape index (κ3) is 2.83. The normalized spacial score (nSPS) is 34.7. The van der Waals surface area contributed by atoms with Crippen LogP contribution in [0.5, 0.6) is 0 Å². The minimum absolute atomic E-state index is 0.0859. The Kier molecular flexibility index (Phi) is 4.00. The largest absolute Gasteiger partial charge is 0.373 e. The van der Waals surface area contributed by atoms with Gasteiger partial charge in [0, 0.05) is 24.9 Å². The maximum atomic E-state index is 12.4. The van der Waals surface area contributed by atoms with Crippen molar-refractivity contribution in [1.29, 1.82) is 0 Å². The second-order valence-corrected chi connectivity index (χ2v) is 6.34. The topological polar surface area (TPSA) is 50.4 Å². The lowest BCUT2D eigenvalue weighted by Crippen LogP contribution is -2.43. The van der Waals surface area contributed by atoms with Gasteiger partial charge in [-0.15, -0.1) is 0 Å². The van der Waals surface area contributed by atoms with E-state index in [0.717, 1.165) is 6.54 Å². The van der Waals surface area contributed by atoms with Crippen LogP contribution in [-0.4, -0.2) is 24.2 Å². The van der Waals surface area contributed by atoms with Gasteiger partial charge in [-0.2, -0.15) is 0 Å². The fourth-order valence-corrected chi connectivity index (χ4v) is 3.51. The van der Waals surface area contributed by atoms with Gasteiger partial charge < -0.3 is 15.4 Å². The molecule has 0 saturated carbocycles. The number of hydrogen-bond acceptors (Lipinski definition) is 3. The molecule has 2 N–H and O–H groups in total. The van der Waals surface area contributed by atoms with Crippen molar-refractivity contribution >= 4 is 5.91 Å². The molecular weight excluding hydrogens is 264 g/mol. The van der Waals surface area contributed by atoms with Crippen LogP contribution in [0.3, 0.4) is 0 Å². The zero-order chi connectivity index (χ0) is 15.0. The Morgan fingerprint density at radius 2 is 2.05 bits per heavy atom. The van der Waals surface area contributed by atoms with Crippen molar-refractivity contribution in [1.82, 2.24) is 10.6 Å². The van der Waals surface area contributed by atoms with E-state index in [1.54, 1.807) is 0 Å². The lowest BCUT2D eigenvalue weighted by atomic mass is 9.96. The van der Waals surface area contributed by atoms with E-state index in [4.69, 9.17) is 4.74 Å². The molecule has 5 unspecified atom stereocenters. The summed E-state index contributed by atoms with van der Waals surface area (Å²) in [7, 11) is 0. The molecule has 0 aromatic heterocycles. The van der Waals surface area contributed by atoms with E-state index in [-0.39, 0.29) is 30.2 Å². The van der Waals surface area contributed by atoms with Crippen molar-refractivity contribution in [3.8, 4) is 0 Å². The number of carbonyl (C=O) groups is 1. The Bertz CT molecular complexity index is 531. The van der Waals surface area contributed by atoms with Gasteiger partial charge in [-0.1, -0.05) is 31.2 Å². The third-order valence-corrected chi connectivity index (χ3v) is 4.93. The van der Waals surface area contributed by atoms with Gasteiger partial charge in [-0.25, -0.2) is 0 Å². The number of ether oxygens (including phenoxy) is 1. The zero-order valence-electron chi connectivity index (χ0n) is 12.9. The highest BCUT2D eigenvalue weighted by atomic mass is 16.5. The van der Waals surface area contributed by atoms with E-state index < -0.39 is 0 Å². The monoisotopic (exact) mass is 288 g/mol. The predicted octanol–water partition coefficient (Wildman–Crippen LogP) is 2.15. The van der Waals surface area contributed by atoms with Crippen LogP contribution in [0.4, 0.5) is 0 Å². The van der Waals surface area contributed by atoms with Crippen LogP contribution in [0, 0.1) is 5.92 Å². The van der Waals surface area contributed by atoms with Crippen molar-refractivity contribution in [3.63, 3.8) is 0 Å². The highest BCUT2D eigenvalue weighted by Crippen LogP contribution is 2.29. The van der Waals surface area contributed by atoms with E-state index in [0.29, 0.717) is 12.3 Å². The first-order valence-electron chi connectivity index (χ1n) is 7.82. The lowest BCUT2D eigenvalue weighted by molar-refractivity contribution is -0.122. The zero-order valence-corrected chi connectivity index (χ0v) is 12.9. The maximum absolute atomic E-state index is 12.4. The lowest BCUT2D eigenvalue weighted by Gasteiger charge is -2.21. The fraction of sp³-hybridized carbons (Fsp3) is 0.588. The molecule has 0 aliphatic carbocycles. The fourth-order valence-electron chi connectivity index (χ4n) is 3.51. The van der Waals surface area contributed by atoms with Gasteiger partial charge >= 0.3 is 0 Å². The van der Waals surface area contributed by atoms with Crippen molar-refractivity contribution in [2.24, 2.45) is 5.92 Å². The molecule has 2 heterocycles. The molecule has 5 atom stereocenters. The van der Waals surface area contributed by atoms with Crippen LogP contribution in [0.1, 0.15) is 44.4 Å². The second kappa shape index (κ2) is 5.78. The highest BCUT2D eigenvalue weighted by molar-refractivity contribution is 5.77. The Morgan fingerprint density at radius 1 is 1.29 bits per heavy atom. The van der Waals surface area contributed by atoms with Gasteiger partial charge in [0.1, 0.15) is 0 Å². The average molecular weight is 288 g/mol. The molecule has 21 heavy (non-hydrogen) atoms. The Labute approximate surface area is 126 Å². The molecule has 1 aromatic rings. The van der Waals surface area contributed by atoms with E-state index in [2.05, 4.69) is 36.6 Å². The van der Waals surface area contributed by atoms with Gasteiger partial charge in [0.05, 0.1) is 18.2 Å². The van der Waals surface area contributed by atoms with E-state index in [1.165, 1.54) is 11.1 Å². The molecule has 2 aliphatic heterocycles. The molecule has 114 valence electrons. The van der Waals surface area contributed by atoms with E-state index in [1.807, 2.05) is 19.1 Å². The minimum Gasteiger partial charge on any atom is -0.373 e. The molecule has 4 heteroatoms. The summed E-state index contributed by atoms with van der Waals surface area (Å²) < 4.78 is 5.78. The van der Waals surface area contributed by atoms with Gasteiger partial charge in [0.2, 0.25) is 5.91 Å². The summed E-state index contributed by atoms with van der Waals surface area (Å²) in [6.45, 7) is 7.10. The van der Waals surface area contributed by atoms with Gasteiger partial charge in [0.25, 0.3) is 0 Å². The number of hydrogen-bond donors (Lipinski definition) is 2. The van der Waals surface area contributed by atoms with Crippen LogP contribution in [0.15, 0.2) is 24.3 Å². The molecule has 1 fully saturated rings. The molecule has 0 radical (unpaired) electrons. The SMILES string of the molecule is CC1OC(C)C(NC(=O)CC2NCc3ccccc32)C1C. The smallest absolute Gasteiger partial charge is 0.222 e. The first-order valence-corrected chi connectivity index (χ1v) is 7.82. The van der Waals surface area contributed by atoms with E-state index >= 15 is 0 Å². The quantitative estimate of drug-likeness (QED) is 0.896. The van der Waals surface area contributed by atoms with Gasteiger partial charge in [0.15, 0.2) is 0 Å². The number of fused-ring (bicyclic) bond motifs is 1. The summed E-state index contributed by atoms with van der Waals surface area (Å²) in [4.78, 5) is 12.4. The number of rotatable bonds is 3. The third-order valence-electron chi connectivity index (χ3n) is 4.93. The summed E-state index contributed by atoms with van der Waals surface area (Å²) in [5, 5.41) is 6.58. The molecule has 1 aromatic carbocycles. The number of amides is 1. The number of nitrogens with one attached hydrogen (secondary N) is 2. The highest BCUT2D eigenvalue weighted by Gasteiger charge is 2.38. The molecule has 1 amide bonds. The predicted molar refractivity (Wildman–Crippen MR) is 81.7 cm³/mol. The van der Waals surface area contributed by atoms with Crippen LogP contribution >= 0.6 is 0 Å². The minimum atomic E-state index is 0.0859. The Hall–Kier alpha value is -1.39. The molecule has 1 saturated heterocycles. The molecule has 2 aliphatic rings. The van der Waals surface area contributed by atoms with E-state index in [9.17, 15) is 4.79 Å². The number of benzene rings is 1. The first kappa shape index (κ1) is 14.5. The van der Waals surface area contributed by atoms with Gasteiger partial charge in [-0.05, 0) is 25.0 Å². The molecular formula is C17H24N2O2. The molecule has 0 bridgehead atoms. The van der Waals surface area contributed by atoms with Crippen LogP contribution in [0.25, 0.3) is 0 Å². The van der Waals surface area contributed by atoms with Crippen LogP contribution in [-0.2, 0) is 16.1 Å². The molecule has 0 spiro atoms. The number of carbonyl (C=O) groups excluding carboxylic acids is 1. The maximum Gasteiger partial charge on any atom is 0.222 e. The van der Waals surface area contributed by atoms with Crippen molar-refractivity contribution in [3.05, 3.63) is 35.4 Å².